The van der Waals surface area contributed by atoms with Crippen LogP contribution >= 0.6 is 0 Å². The lowest BCUT2D eigenvalue weighted by atomic mass is 10.3. The molecule has 12 heavy (non-hydrogen) atoms. The summed E-state index contributed by atoms with van der Waals surface area (Å²) in [5.41, 5.74) is 0. The molecule has 1 N–H and O–H groups in total. The molecular formula is C8H16N2O2. The first-order valence-electron chi connectivity index (χ1n) is 4.34. The monoisotopic (exact) mass is 172 g/mol. The minimum Gasteiger partial charge on any atom is -0.379 e. The number of likely N-dealkylation sites (N-methyl/N-ethyl adjacent to an activating group) is 1. The summed E-state index contributed by atoms with van der Waals surface area (Å²) in [6.45, 7) is 3.63. The topological polar surface area (TPSA) is 41.6 Å². The highest BCUT2D eigenvalue weighted by atomic mass is 16.5. The molecule has 4 heteroatoms. The van der Waals surface area contributed by atoms with Crippen molar-refractivity contribution in [3.8, 4) is 0 Å². The Morgan fingerprint density at radius 1 is 1.58 bits per heavy atom. The minimum absolute atomic E-state index is 0.211. The first-order valence-corrected chi connectivity index (χ1v) is 4.34. The third-order valence-corrected chi connectivity index (χ3v) is 1.95. The molecule has 4 nitrogen and oxygen atoms in total. The molecule has 0 aromatic rings. The highest BCUT2D eigenvalue weighted by Crippen LogP contribution is 1.99. The Morgan fingerprint density at radius 2 is 2.42 bits per heavy atom. The maximum atomic E-state index is 11.3. The number of hydrogen-bond acceptors (Lipinski definition) is 3. The number of hydrogen-bond donors (Lipinski definition) is 1. The average molecular weight is 172 g/mol. The predicted molar refractivity (Wildman–Crippen MR) is 45.9 cm³/mol. The highest BCUT2D eigenvalue weighted by Gasteiger charge is 2.15. The first-order chi connectivity index (χ1) is 5.84. The van der Waals surface area contributed by atoms with Gasteiger partial charge in [-0.1, -0.05) is 0 Å². The van der Waals surface area contributed by atoms with Crippen molar-refractivity contribution in [3.05, 3.63) is 0 Å². The van der Waals surface area contributed by atoms with Crippen molar-refractivity contribution in [2.24, 2.45) is 0 Å². The zero-order valence-corrected chi connectivity index (χ0v) is 7.51. The van der Waals surface area contributed by atoms with Crippen LogP contribution < -0.4 is 5.32 Å². The summed E-state index contributed by atoms with van der Waals surface area (Å²) in [4.78, 5) is 13.2. The van der Waals surface area contributed by atoms with Gasteiger partial charge >= 0.3 is 0 Å². The van der Waals surface area contributed by atoms with Gasteiger partial charge in [-0.05, 0) is 7.05 Å². The smallest absolute Gasteiger partial charge is 0.225 e. The van der Waals surface area contributed by atoms with E-state index in [-0.39, 0.29) is 5.91 Å². The normalized spacial score (nSPS) is 19.4. The van der Waals surface area contributed by atoms with Gasteiger partial charge in [0.25, 0.3) is 0 Å². The Morgan fingerprint density at radius 3 is 3.17 bits per heavy atom. The van der Waals surface area contributed by atoms with E-state index in [4.69, 9.17) is 4.74 Å². The van der Waals surface area contributed by atoms with E-state index in [1.807, 2.05) is 11.9 Å². The maximum Gasteiger partial charge on any atom is 0.225 e. The molecule has 1 fully saturated rings. The van der Waals surface area contributed by atoms with E-state index < -0.39 is 0 Å². The first kappa shape index (κ1) is 9.48. The second kappa shape index (κ2) is 5.11. The fourth-order valence-electron chi connectivity index (χ4n) is 1.20. The van der Waals surface area contributed by atoms with Crippen LogP contribution in [0.5, 0.6) is 0 Å². The number of nitrogens with zero attached hydrogens (tertiary/aromatic N) is 1. The van der Waals surface area contributed by atoms with Crippen LogP contribution in [0.3, 0.4) is 0 Å². The van der Waals surface area contributed by atoms with E-state index in [9.17, 15) is 4.79 Å². The van der Waals surface area contributed by atoms with Crippen LogP contribution in [-0.4, -0.2) is 50.7 Å². The summed E-state index contributed by atoms with van der Waals surface area (Å²) in [6, 6.07) is 0. The number of amides is 1. The lowest BCUT2D eigenvalue weighted by Crippen LogP contribution is -2.36. The lowest BCUT2D eigenvalue weighted by Gasteiger charge is -2.19. The van der Waals surface area contributed by atoms with E-state index in [0.717, 1.165) is 19.6 Å². The van der Waals surface area contributed by atoms with Crippen LogP contribution in [-0.2, 0) is 9.53 Å². The molecule has 0 aliphatic carbocycles. The summed E-state index contributed by atoms with van der Waals surface area (Å²) in [5.74, 6) is 0.211. The molecule has 0 bridgehead atoms. The van der Waals surface area contributed by atoms with Crippen molar-refractivity contribution in [2.75, 3.05) is 39.9 Å². The van der Waals surface area contributed by atoms with E-state index in [0.29, 0.717) is 19.6 Å². The second-order valence-corrected chi connectivity index (χ2v) is 2.85. The molecule has 0 aromatic carbocycles. The van der Waals surface area contributed by atoms with Crippen LogP contribution in [0.25, 0.3) is 0 Å². The second-order valence-electron chi connectivity index (χ2n) is 2.85. The predicted octanol–water partition coefficient (Wildman–Crippen LogP) is -0.545. The van der Waals surface area contributed by atoms with Gasteiger partial charge in [-0.3, -0.25) is 4.79 Å². The lowest BCUT2D eigenvalue weighted by molar-refractivity contribution is -0.130. The number of ether oxygens (including phenoxy) is 1. The minimum atomic E-state index is 0.211. The van der Waals surface area contributed by atoms with Crippen molar-refractivity contribution in [1.82, 2.24) is 10.2 Å². The van der Waals surface area contributed by atoms with E-state index in [1.54, 1.807) is 0 Å². The van der Waals surface area contributed by atoms with Gasteiger partial charge in [-0.2, -0.15) is 0 Å². The Bertz CT molecular complexity index is 150. The maximum absolute atomic E-state index is 11.3. The largest absolute Gasteiger partial charge is 0.379 e. The summed E-state index contributed by atoms with van der Waals surface area (Å²) < 4.78 is 5.19. The zero-order valence-electron chi connectivity index (χ0n) is 7.51. The van der Waals surface area contributed by atoms with E-state index >= 15 is 0 Å². The SMILES string of the molecule is CNCCN1CCOCCC1=O. The van der Waals surface area contributed by atoms with Crippen molar-refractivity contribution < 1.29 is 9.53 Å². The van der Waals surface area contributed by atoms with E-state index in [2.05, 4.69) is 5.32 Å². The Balaban J connectivity index is 2.31. The third kappa shape index (κ3) is 2.79. The van der Waals surface area contributed by atoms with Crippen LogP contribution in [0.15, 0.2) is 0 Å². The highest BCUT2D eigenvalue weighted by molar-refractivity contribution is 5.76. The molecule has 70 valence electrons. The standard InChI is InChI=1S/C8H16N2O2/c1-9-3-4-10-5-7-12-6-2-8(10)11/h9H,2-7H2,1H3. The Hall–Kier alpha value is -0.610. The summed E-state index contributed by atoms with van der Waals surface area (Å²) >= 11 is 0. The number of carbonyl (C=O) groups excluding carboxylic acids is 1. The number of rotatable bonds is 3. The molecule has 1 heterocycles. The molecule has 1 saturated heterocycles. The van der Waals surface area contributed by atoms with Gasteiger partial charge in [0.05, 0.1) is 19.6 Å². The van der Waals surface area contributed by atoms with Crippen molar-refractivity contribution in [3.63, 3.8) is 0 Å². The third-order valence-electron chi connectivity index (χ3n) is 1.95. The number of nitrogens with one attached hydrogen (secondary N) is 1. The van der Waals surface area contributed by atoms with Crippen LogP contribution in [0.1, 0.15) is 6.42 Å². The Kier molecular flexibility index (Phi) is 4.04. The van der Waals surface area contributed by atoms with Gasteiger partial charge in [0.15, 0.2) is 0 Å². The van der Waals surface area contributed by atoms with Gasteiger partial charge in [0.1, 0.15) is 0 Å². The van der Waals surface area contributed by atoms with Crippen molar-refractivity contribution in [2.45, 2.75) is 6.42 Å². The summed E-state index contributed by atoms with van der Waals surface area (Å²) in [5, 5.41) is 3.02. The molecule has 1 rings (SSSR count). The van der Waals surface area contributed by atoms with E-state index in [1.165, 1.54) is 0 Å². The molecule has 0 spiro atoms. The molecule has 0 saturated carbocycles. The quantitative estimate of drug-likeness (QED) is 0.621. The summed E-state index contributed by atoms with van der Waals surface area (Å²) in [7, 11) is 1.89. The van der Waals surface area contributed by atoms with Gasteiger partial charge < -0.3 is 15.0 Å². The molecule has 0 unspecified atom stereocenters. The van der Waals surface area contributed by atoms with Crippen molar-refractivity contribution >= 4 is 5.91 Å². The average Bonchev–Trinajstić information content (AvgIpc) is 2.27. The molecule has 1 aliphatic rings. The fourth-order valence-corrected chi connectivity index (χ4v) is 1.20. The van der Waals surface area contributed by atoms with Crippen LogP contribution in [0.2, 0.25) is 0 Å². The van der Waals surface area contributed by atoms with Crippen LogP contribution in [0, 0.1) is 0 Å². The van der Waals surface area contributed by atoms with Gasteiger partial charge in [0.2, 0.25) is 5.91 Å². The molecule has 0 aromatic heterocycles. The van der Waals surface area contributed by atoms with Crippen LogP contribution in [0.4, 0.5) is 0 Å². The molecule has 1 aliphatic heterocycles. The Labute approximate surface area is 72.9 Å². The molecule has 1 amide bonds. The van der Waals surface area contributed by atoms with Gasteiger partial charge in [0, 0.05) is 19.6 Å². The molecular weight excluding hydrogens is 156 g/mol. The molecule has 0 radical (unpaired) electrons. The number of carbonyl (C=O) groups is 1. The van der Waals surface area contributed by atoms with Crippen molar-refractivity contribution in [1.29, 1.82) is 0 Å². The fraction of sp³-hybridized carbons (Fsp3) is 0.875. The zero-order chi connectivity index (χ0) is 8.81. The van der Waals surface area contributed by atoms with Gasteiger partial charge in [-0.25, -0.2) is 0 Å². The molecule has 0 atom stereocenters. The van der Waals surface area contributed by atoms with Gasteiger partial charge in [-0.15, -0.1) is 0 Å². The summed E-state index contributed by atoms with van der Waals surface area (Å²) in [6.07, 6.45) is 0.531.